The molecule has 9 nitrogen and oxygen atoms in total. The molecule has 1 aliphatic rings. The number of aromatic nitrogens is 2. The smallest absolute Gasteiger partial charge is 0.394 e. The summed E-state index contributed by atoms with van der Waals surface area (Å²) < 4.78 is 69.2. The van der Waals surface area contributed by atoms with Crippen LogP contribution in [0.5, 0.6) is 5.75 Å². The molecule has 2 N–H and O–H groups in total. The van der Waals surface area contributed by atoms with Crippen molar-refractivity contribution in [2.75, 3.05) is 27.4 Å². The van der Waals surface area contributed by atoms with Crippen LogP contribution in [0.3, 0.4) is 0 Å². The van der Waals surface area contributed by atoms with Crippen molar-refractivity contribution in [3.8, 4) is 17.0 Å². The van der Waals surface area contributed by atoms with Crippen molar-refractivity contribution in [1.82, 2.24) is 15.1 Å². The van der Waals surface area contributed by atoms with Gasteiger partial charge >= 0.3 is 17.7 Å². The van der Waals surface area contributed by atoms with E-state index >= 15 is 0 Å². The van der Waals surface area contributed by atoms with Gasteiger partial charge in [0, 0.05) is 19.2 Å². The van der Waals surface area contributed by atoms with Gasteiger partial charge in [-0.1, -0.05) is 38.4 Å². The maximum atomic E-state index is 13.4. The van der Waals surface area contributed by atoms with Crippen LogP contribution in [0.1, 0.15) is 62.5 Å². The van der Waals surface area contributed by atoms with Crippen LogP contribution >= 0.6 is 11.6 Å². The van der Waals surface area contributed by atoms with Gasteiger partial charge < -0.3 is 19.9 Å². The van der Waals surface area contributed by atoms with Gasteiger partial charge in [0.15, 0.2) is 5.69 Å². The number of halogens is 4. The van der Waals surface area contributed by atoms with Gasteiger partial charge in [-0.05, 0) is 55.7 Å². The van der Waals surface area contributed by atoms with Gasteiger partial charge in [0.1, 0.15) is 5.75 Å². The standard InChI is InChI=1S/C27H37ClF3N3O4.O2S/c1-17-8-10-26(36,11-9-17)16-32-24(35)22-21(28)23(34(33-22)12-13-37-4)19-7-6-18(14-20(19)38-5)15-25(2,3)27(29,30)31;1-3-2/h6-7,14,17,36H,8-13,15-16H2,1-5H3,(H,32,35);. The number of carbonyl (C=O) groups excluding carboxylic acids is 1. The van der Waals surface area contributed by atoms with Crippen LogP contribution in [0.2, 0.25) is 5.02 Å². The van der Waals surface area contributed by atoms with Crippen molar-refractivity contribution in [1.29, 1.82) is 0 Å². The number of nitrogens with zero attached hydrogens (tertiary/aromatic N) is 2. The van der Waals surface area contributed by atoms with E-state index in [0.29, 0.717) is 41.3 Å². The van der Waals surface area contributed by atoms with Crippen LogP contribution in [0.15, 0.2) is 18.2 Å². The summed E-state index contributed by atoms with van der Waals surface area (Å²) in [5.41, 5.74) is -1.61. The summed E-state index contributed by atoms with van der Waals surface area (Å²) in [5.74, 6) is 0.320. The number of carbonyl (C=O) groups is 1. The van der Waals surface area contributed by atoms with Crippen molar-refractivity contribution in [2.24, 2.45) is 11.3 Å². The van der Waals surface area contributed by atoms with E-state index in [-0.39, 0.29) is 36.8 Å². The highest BCUT2D eigenvalue weighted by atomic mass is 35.5. The number of benzene rings is 1. The lowest BCUT2D eigenvalue weighted by molar-refractivity contribution is -0.211. The number of hydrogen-bond donors (Lipinski definition) is 2. The van der Waals surface area contributed by atoms with E-state index < -0.39 is 34.7 Å². The number of nitrogens with one attached hydrogen (secondary N) is 1. The third-order valence-corrected chi connectivity index (χ3v) is 7.69. The Hall–Kier alpha value is -2.48. The first-order chi connectivity index (χ1) is 19.1. The molecule has 1 saturated carbocycles. The van der Waals surface area contributed by atoms with Gasteiger partial charge in [-0.3, -0.25) is 9.48 Å². The van der Waals surface area contributed by atoms with E-state index in [9.17, 15) is 23.1 Å². The predicted octanol–water partition coefficient (Wildman–Crippen LogP) is 4.99. The van der Waals surface area contributed by atoms with Gasteiger partial charge in [-0.15, -0.1) is 0 Å². The molecule has 0 radical (unpaired) electrons. The Kier molecular flexibility index (Phi) is 12.4. The first-order valence-electron chi connectivity index (χ1n) is 13.0. The molecule has 0 saturated heterocycles. The lowest BCUT2D eigenvalue weighted by Crippen LogP contribution is -2.45. The van der Waals surface area contributed by atoms with Crippen molar-refractivity contribution in [3.63, 3.8) is 0 Å². The van der Waals surface area contributed by atoms with Crippen molar-refractivity contribution in [2.45, 2.75) is 71.2 Å². The monoisotopic (exact) mass is 623 g/mol. The Labute approximate surface area is 246 Å². The molecule has 1 aromatic carbocycles. The highest BCUT2D eigenvalue weighted by Gasteiger charge is 2.47. The third kappa shape index (κ3) is 9.00. The van der Waals surface area contributed by atoms with Crippen molar-refractivity contribution in [3.05, 3.63) is 34.5 Å². The summed E-state index contributed by atoms with van der Waals surface area (Å²) in [6, 6.07) is 4.77. The Balaban J connectivity index is 0.00000187. The lowest BCUT2D eigenvalue weighted by Gasteiger charge is -2.34. The minimum atomic E-state index is -4.37. The molecule has 230 valence electrons. The quantitative estimate of drug-likeness (QED) is 0.383. The zero-order chi connectivity index (χ0) is 31.0. The van der Waals surface area contributed by atoms with Gasteiger partial charge in [0.25, 0.3) is 5.91 Å². The van der Waals surface area contributed by atoms with Crippen LogP contribution in [0.4, 0.5) is 13.2 Å². The van der Waals surface area contributed by atoms with Crippen LogP contribution in [-0.2, 0) is 29.3 Å². The molecule has 0 spiro atoms. The fourth-order valence-corrected chi connectivity index (χ4v) is 4.96. The van der Waals surface area contributed by atoms with Gasteiger partial charge in [0.2, 0.25) is 0 Å². The summed E-state index contributed by atoms with van der Waals surface area (Å²) in [5, 5.41) is 18.1. The number of methoxy groups -OCH3 is 2. The number of alkyl halides is 3. The third-order valence-electron chi connectivity index (χ3n) is 7.33. The Morgan fingerprint density at radius 1 is 1.24 bits per heavy atom. The number of hydrogen-bond acceptors (Lipinski definition) is 7. The molecule has 1 amide bonds. The normalized spacial score (nSPS) is 19.2. The lowest BCUT2D eigenvalue weighted by atomic mass is 9.79. The van der Waals surface area contributed by atoms with E-state index in [0.717, 1.165) is 26.7 Å². The van der Waals surface area contributed by atoms with Gasteiger partial charge in [-0.2, -0.15) is 26.7 Å². The first kappa shape index (κ1) is 34.7. The molecule has 1 heterocycles. The van der Waals surface area contributed by atoms with E-state index in [4.69, 9.17) is 29.5 Å². The molecule has 3 rings (SSSR count). The van der Waals surface area contributed by atoms with Crippen molar-refractivity contribution >= 4 is 29.1 Å². The second kappa shape index (κ2) is 14.6. The maximum absolute atomic E-state index is 13.4. The Morgan fingerprint density at radius 3 is 2.39 bits per heavy atom. The average Bonchev–Trinajstić information content (AvgIpc) is 3.23. The fraction of sp³-hybridized carbons (Fsp3) is 0.630. The average molecular weight is 624 g/mol. The SMILES string of the molecule is COCCn1nc(C(=O)NCC2(O)CCC(C)CC2)c(Cl)c1-c1ccc(CC(C)(C)C(F)(F)F)cc1OC.O=S=O. The van der Waals surface area contributed by atoms with Crippen LogP contribution in [0, 0.1) is 11.3 Å². The molecular formula is C27H37ClF3N3O6S. The maximum Gasteiger partial charge on any atom is 0.394 e. The minimum Gasteiger partial charge on any atom is -0.496 e. The largest absolute Gasteiger partial charge is 0.496 e. The molecule has 0 bridgehead atoms. The highest BCUT2D eigenvalue weighted by molar-refractivity contribution is 7.51. The summed E-state index contributed by atoms with van der Waals surface area (Å²) in [4.78, 5) is 13.1. The zero-order valence-corrected chi connectivity index (χ0v) is 25.3. The molecule has 1 aromatic heterocycles. The van der Waals surface area contributed by atoms with E-state index in [1.807, 2.05) is 0 Å². The van der Waals surface area contributed by atoms with E-state index in [2.05, 4.69) is 17.3 Å². The minimum absolute atomic E-state index is 0.0186. The second-order valence-corrected chi connectivity index (χ2v) is 11.5. The summed E-state index contributed by atoms with van der Waals surface area (Å²) in [6.07, 6.45) is -1.63. The highest BCUT2D eigenvalue weighted by Crippen LogP contribution is 2.42. The second-order valence-electron chi connectivity index (χ2n) is 11.0. The number of amides is 1. The predicted molar refractivity (Wildman–Crippen MR) is 148 cm³/mol. The summed E-state index contributed by atoms with van der Waals surface area (Å²) >= 11 is 5.95. The van der Waals surface area contributed by atoms with E-state index in [1.54, 1.807) is 18.2 Å². The Bertz CT molecular complexity index is 1220. The van der Waals surface area contributed by atoms with Crippen LogP contribution in [-0.4, -0.2) is 68.4 Å². The molecule has 1 fully saturated rings. The topological polar surface area (TPSA) is 120 Å². The number of rotatable bonds is 10. The van der Waals surface area contributed by atoms with Crippen LogP contribution < -0.4 is 10.1 Å². The number of ether oxygens (including phenoxy) is 2. The molecule has 2 aromatic rings. The molecule has 0 aliphatic heterocycles. The van der Waals surface area contributed by atoms with Crippen molar-refractivity contribution < 1.29 is 41.0 Å². The zero-order valence-electron chi connectivity index (χ0n) is 23.8. The molecule has 41 heavy (non-hydrogen) atoms. The number of aliphatic hydroxyl groups is 1. The fourth-order valence-electron chi connectivity index (χ4n) is 4.64. The Morgan fingerprint density at radius 2 is 1.85 bits per heavy atom. The van der Waals surface area contributed by atoms with Gasteiger partial charge in [0.05, 0.1) is 42.0 Å². The van der Waals surface area contributed by atoms with Gasteiger partial charge in [-0.25, -0.2) is 0 Å². The molecule has 1 aliphatic carbocycles. The first-order valence-corrected chi connectivity index (χ1v) is 14.1. The van der Waals surface area contributed by atoms with E-state index in [1.165, 1.54) is 18.9 Å². The molecule has 0 atom stereocenters. The molecule has 0 unspecified atom stereocenters. The summed E-state index contributed by atoms with van der Waals surface area (Å²) in [7, 11) is 2.95. The molecule has 14 heteroatoms. The summed E-state index contributed by atoms with van der Waals surface area (Å²) in [6.45, 7) is 5.09. The van der Waals surface area contributed by atoms with Crippen LogP contribution in [0.25, 0.3) is 11.3 Å². The molecular weight excluding hydrogens is 587 g/mol.